The minimum atomic E-state index is -4.86. The molecule has 2 aromatic carbocycles. The van der Waals surface area contributed by atoms with Gasteiger partial charge in [-0.05, 0) is 43.1 Å². The van der Waals surface area contributed by atoms with Crippen LogP contribution in [0.15, 0.2) is 53.4 Å². The van der Waals surface area contributed by atoms with Gasteiger partial charge in [0.1, 0.15) is 5.75 Å². The number of rotatable bonds is 6. The van der Waals surface area contributed by atoms with Crippen LogP contribution in [0.25, 0.3) is 0 Å². The maximum atomic E-state index is 12.8. The summed E-state index contributed by atoms with van der Waals surface area (Å²) >= 11 is 0. The van der Waals surface area contributed by atoms with Crippen molar-refractivity contribution in [3.05, 3.63) is 59.7 Å². The third kappa shape index (κ3) is 5.94. The Morgan fingerprint density at radius 1 is 1.17 bits per heavy atom. The van der Waals surface area contributed by atoms with Gasteiger partial charge in [0.2, 0.25) is 0 Å². The largest absolute Gasteiger partial charge is 0.573 e. The first-order valence-electron chi connectivity index (χ1n) is 9.24. The van der Waals surface area contributed by atoms with E-state index < -0.39 is 21.9 Å². The lowest BCUT2D eigenvalue weighted by molar-refractivity contribution is -0.274. The maximum absolute atomic E-state index is 12.8. The summed E-state index contributed by atoms with van der Waals surface area (Å²) < 4.78 is 66.1. The molecule has 0 radical (unpaired) electrons. The van der Waals surface area contributed by atoms with E-state index in [1.165, 1.54) is 6.07 Å². The SMILES string of the molecule is CS(=O)(=O)c1ccc(OC(F)(F)F)c(CNC2CCCNC2c2ccccc2)c1. The summed E-state index contributed by atoms with van der Waals surface area (Å²) in [5, 5.41) is 6.73. The fourth-order valence-corrected chi connectivity index (χ4v) is 4.18. The van der Waals surface area contributed by atoms with Gasteiger partial charge < -0.3 is 15.4 Å². The molecular weight excluding hydrogens is 405 g/mol. The molecule has 0 aromatic heterocycles. The molecule has 9 heteroatoms. The first-order chi connectivity index (χ1) is 13.6. The fourth-order valence-electron chi connectivity index (χ4n) is 3.51. The molecule has 158 valence electrons. The number of alkyl halides is 3. The summed E-state index contributed by atoms with van der Waals surface area (Å²) in [5.74, 6) is -0.405. The number of piperidine rings is 1. The topological polar surface area (TPSA) is 67.4 Å². The minimum absolute atomic E-state index is 0.00928. The van der Waals surface area contributed by atoms with E-state index in [1.807, 2.05) is 30.3 Å². The lowest BCUT2D eigenvalue weighted by atomic mass is 9.92. The number of ether oxygens (including phenoxy) is 1. The molecule has 0 aliphatic carbocycles. The van der Waals surface area contributed by atoms with E-state index in [-0.39, 0.29) is 29.1 Å². The van der Waals surface area contributed by atoms with Gasteiger partial charge in [0.15, 0.2) is 9.84 Å². The van der Waals surface area contributed by atoms with E-state index >= 15 is 0 Å². The number of hydrogen-bond acceptors (Lipinski definition) is 5. The summed E-state index contributed by atoms with van der Waals surface area (Å²) in [6.07, 6.45) is -2.08. The van der Waals surface area contributed by atoms with Gasteiger partial charge in [-0.15, -0.1) is 13.2 Å². The lowest BCUT2D eigenvalue weighted by Crippen LogP contribution is -2.45. The fraction of sp³-hybridized carbons (Fsp3) is 0.400. The average molecular weight is 428 g/mol. The number of sulfone groups is 1. The molecule has 1 saturated heterocycles. The molecule has 5 nitrogen and oxygen atoms in total. The van der Waals surface area contributed by atoms with E-state index in [0.717, 1.165) is 43.3 Å². The minimum Gasteiger partial charge on any atom is -0.405 e. The molecule has 1 aliphatic rings. The van der Waals surface area contributed by atoms with Gasteiger partial charge in [0, 0.05) is 30.4 Å². The zero-order chi connectivity index (χ0) is 21.1. The Morgan fingerprint density at radius 2 is 1.90 bits per heavy atom. The van der Waals surface area contributed by atoms with Gasteiger partial charge in [-0.1, -0.05) is 30.3 Å². The van der Waals surface area contributed by atoms with Crippen LogP contribution in [0.3, 0.4) is 0 Å². The van der Waals surface area contributed by atoms with Crippen LogP contribution >= 0.6 is 0 Å². The van der Waals surface area contributed by atoms with Crippen molar-refractivity contribution < 1.29 is 26.3 Å². The van der Waals surface area contributed by atoms with Crippen molar-refractivity contribution in [2.75, 3.05) is 12.8 Å². The highest BCUT2D eigenvalue weighted by atomic mass is 32.2. The van der Waals surface area contributed by atoms with Crippen molar-refractivity contribution >= 4 is 9.84 Å². The lowest BCUT2D eigenvalue weighted by Gasteiger charge is -2.34. The van der Waals surface area contributed by atoms with Gasteiger partial charge >= 0.3 is 6.36 Å². The molecule has 1 aliphatic heterocycles. The van der Waals surface area contributed by atoms with Gasteiger partial charge in [0.25, 0.3) is 0 Å². The first kappa shape index (κ1) is 21.6. The van der Waals surface area contributed by atoms with Gasteiger partial charge in [-0.25, -0.2) is 8.42 Å². The zero-order valence-electron chi connectivity index (χ0n) is 15.9. The molecule has 0 amide bonds. The van der Waals surface area contributed by atoms with E-state index in [0.29, 0.717) is 0 Å². The van der Waals surface area contributed by atoms with Gasteiger partial charge in [0.05, 0.1) is 4.90 Å². The molecule has 2 aromatic rings. The molecule has 1 heterocycles. The van der Waals surface area contributed by atoms with Crippen LogP contribution in [0.1, 0.15) is 30.0 Å². The Labute approximate surface area is 168 Å². The van der Waals surface area contributed by atoms with Gasteiger partial charge in [-0.3, -0.25) is 0 Å². The molecule has 1 fully saturated rings. The molecule has 0 spiro atoms. The van der Waals surface area contributed by atoms with Crippen molar-refractivity contribution in [3.8, 4) is 5.75 Å². The van der Waals surface area contributed by atoms with E-state index in [2.05, 4.69) is 15.4 Å². The standard InChI is InChI=1S/C20H23F3N2O3S/c1-29(26,27)16-9-10-18(28-20(21,22)23)15(12-16)13-25-17-8-5-11-24-19(17)14-6-3-2-4-7-14/h2-4,6-7,9-10,12,17,19,24-25H,5,8,11,13H2,1H3. The number of halogens is 3. The molecule has 0 bridgehead atoms. The van der Waals surface area contributed by atoms with Crippen molar-refractivity contribution in [1.82, 2.24) is 10.6 Å². The molecule has 2 unspecified atom stereocenters. The van der Waals surface area contributed by atoms with Crippen molar-refractivity contribution in [3.63, 3.8) is 0 Å². The highest BCUT2D eigenvalue weighted by Gasteiger charge is 2.33. The molecule has 29 heavy (non-hydrogen) atoms. The monoisotopic (exact) mass is 428 g/mol. The third-order valence-electron chi connectivity index (χ3n) is 4.86. The van der Waals surface area contributed by atoms with Crippen LogP contribution in [-0.2, 0) is 16.4 Å². The predicted octanol–water partition coefficient (Wildman–Crippen LogP) is 3.57. The zero-order valence-corrected chi connectivity index (χ0v) is 16.7. The molecule has 3 rings (SSSR count). The Balaban J connectivity index is 1.83. The normalized spacial score (nSPS) is 20.4. The van der Waals surface area contributed by atoms with E-state index in [1.54, 1.807) is 0 Å². The van der Waals surface area contributed by atoms with Crippen LogP contribution in [0.2, 0.25) is 0 Å². The second kappa shape index (κ2) is 8.73. The second-order valence-electron chi connectivity index (χ2n) is 7.06. The summed E-state index contributed by atoms with van der Waals surface area (Å²) in [5.41, 5.74) is 1.23. The molecule has 2 atom stereocenters. The van der Waals surface area contributed by atoms with Crippen LogP contribution in [-0.4, -0.2) is 33.6 Å². The summed E-state index contributed by atoms with van der Waals surface area (Å²) in [7, 11) is -3.56. The highest BCUT2D eigenvalue weighted by Crippen LogP contribution is 2.30. The van der Waals surface area contributed by atoms with Crippen LogP contribution in [0.4, 0.5) is 13.2 Å². The van der Waals surface area contributed by atoms with Crippen LogP contribution < -0.4 is 15.4 Å². The average Bonchev–Trinajstić information content (AvgIpc) is 2.66. The maximum Gasteiger partial charge on any atom is 0.573 e. The number of nitrogens with one attached hydrogen (secondary N) is 2. The first-order valence-corrected chi connectivity index (χ1v) is 11.1. The third-order valence-corrected chi connectivity index (χ3v) is 5.97. The van der Waals surface area contributed by atoms with Crippen molar-refractivity contribution in [1.29, 1.82) is 0 Å². The van der Waals surface area contributed by atoms with Crippen LogP contribution in [0, 0.1) is 0 Å². The Kier molecular flexibility index (Phi) is 6.50. The quantitative estimate of drug-likeness (QED) is 0.736. The van der Waals surface area contributed by atoms with Crippen LogP contribution in [0.5, 0.6) is 5.75 Å². The Bertz CT molecular complexity index is 934. The molecular formula is C20H23F3N2O3S. The van der Waals surface area contributed by atoms with Gasteiger partial charge in [-0.2, -0.15) is 0 Å². The second-order valence-corrected chi connectivity index (χ2v) is 9.08. The number of hydrogen-bond donors (Lipinski definition) is 2. The molecule has 2 N–H and O–H groups in total. The highest BCUT2D eigenvalue weighted by molar-refractivity contribution is 7.90. The predicted molar refractivity (Wildman–Crippen MR) is 103 cm³/mol. The van der Waals surface area contributed by atoms with E-state index in [4.69, 9.17) is 0 Å². The summed E-state index contributed by atoms with van der Waals surface area (Å²) in [6.45, 7) is 0.897. The molecule has 0 saturated carbocycles. The Morgan fingerprint density at radius 3 is 2.55 bits per heavy atom. The van der Waals surface area contributed by atoms with Crippen molar-refractivity contribution in [2.24, 2.45) is 0 Å². The smallest absolute Gasteiger partial charge is 0.405 e. The number of benzene rings is 2. The Hall–Kier alpha value is -2.10. The summed E-state index contributed by atoms with van der Waals surface area (Å²) in [4.78, 5) is -0.0507. The van der Waals surface area contributed by atoms with Crippen molar-refractivity contribution in [2.45, 2.75) is 42.7 Å². The summed E-state index contributed by atoms with van der Waals surface area (Å²) in [6, 6.07) is 13.2. The van der Waals surface area contributed by atoms with E-state index in [9.17, 15) is 21.6 Å².